The van der Waals surface area contributed by atoms with Crippen LogP contribution in [0.3, 0.4) is 0 Å². The summed E-state index contributed by atoms with van der Waals surface area (Å²) in [6, 6.07) is 0. The second-order valence-electron chi connectivity index (χ2n) is 2.51. The molecule has 1 atom stereocenters. The van der Waals surface area contributed by atoms with E-state index in [0.717, 1.165) is 13.0 Å². The van der Waals surface area contributed by atoms with Crippen molar-refractivity contribution in [1.82, 2.24) is 5.32 Å². The van der Waals surface area contributed by atoms with Gasteiger partial charge in [0.05, 0.1) is 5.75 Å². The van der Waals surface area contributed by atoms with E-state index in [1.54, 1.807) is 0 Å². The van der Waals surface area contributed by atoms with Crippen molar-refractivity contribution in [2.75, 3.05) is 19.3 Å². The lowest BCUT2D eigenvalue weighted by Crippen LogP contribution is -2.13. The van der Waals surface area contributed by atoms with Crippen LogP contribution in [0.4, 0.5) is 0 Å². The fraction of sp³-hybridized carbons (Fsp3) is 1.00. The Morgan fingerprint density at radius 3 is 2.50 bits per heavy atom. The summed E-state index contributed by atoms with van der Waals surface area (Å²) >= 11 is 0. The summed E-state index contributed by atoms with van der Waals surface area (Å²) in [5, 5.41) is 2.97. The lowest BCUT2D eigenvalue weighted by Gasteiger charge is -2.04. The molecule has 1 unspecified atom stereocenters. The highest BCUT2D eigenvalue weighted by molar-refractivity contribution is 7.72. The fourth-order valence-electron chi connectivity index (χ4n) is 0.737. The van der Waals surface area contributed by atoms with E-state index in [1.165, 1.54) is 0 Å². The van der Waals surface area contributed by atoms with Crippen LogP contribution >= 0.6 is 0 Å². The van der Waals surface area contributed by atoms with Gasteiger partial charge in [-0.1, -0.05) is 6.92 Å². The topological polar surface area (TPSA) is 46.2 Å². The molecule has 0 bridgehead atoms. The Balaban J connectivity index is 3.33. The number of hydrogen-bond acceptors (Lipinski definition) is 3. The zero-order valence-electron chi connectivity index (χ0n) is 6.46. The third-order valence-electron chi connectivity index (χ3n) is 1.35. The summed E-state index contributed by atoms with van der Waals surface area (Å²) in [5.74, 6) is 0.602. The Kier molecular flexibility index (Phi) is 5.63. The summed E-state index contributed by atoms with van der Waals surface area (Å²) in [6.07, 6.45) is 0.930. The van der Waals surface area contributed by atoms with E-state index in [1.807, 2.05) is 14.0 Å². The van der Waals surface area contributed by atoms with Crippen LogP contribution in [0.25, 0.3) is 0 Å². The first-order valence-electron chi connectivity index (χ1n) is 3.43. The van der Waals surface area contributed by atoms with Gasteiger partial charge in [-0.25, -0.2) is 8.42 Å². The molecule has 3 nitrogen and oxygen atoms in total. The van der Waals surface area contributed by atoms with Crippen LogP contribution < -0.4 is 5.32 Å². The Morgan fingerprint density at radius 2 is 2.10 bits per heavy atom. The monoisotopic (exact) mass is 165 g/mol. The van der Waals surface area contributed by atoms with E-state index >= 15 is 0 Å². The van der Waals surface area contributed by atoms with E-state index in [-0.39, 0.29) is 5.92 Å². The fourth-order valence-corrected chi connectivity index (χ4v) is 1.43. The first kappa shape index (κ1) is 9.91. The number of hydrogen-bond donors (Lipinski definition) is 2. The highest BCUT2D eigenvalue weighted by Gasteiger charge is 2.00. The molecule has 0 saturated heterocycles. The molecule has 0 aromatic rings. The normalized spacial score (nSPS) is 13.9. The summed E-state index contributed by atoms with van der Waals surface area (Å²) in [7, 11) is -0.319. The smallest absolute Gasteiger partial charge is 0.140 e. The van der Waals surface area contributed by atoms with Crippen molar-refractivity contribution in [1.29, 1.82) is 0 Å². The van der Waals surface area contributed by atoms with Crippen LogP contribution in [0.15, 0.2) is 0 Å². The number of thiol groups is 1. The van der Waals surface area contributed by atoms with Crippen molar-refractivity contribution >= 4 is 10.7 Å². The molecule has 0 fully saturated rings. The molecule has 0 aromatic carbocycles. The van der Waals surface area contributed by atoms with Crippen LogP contribution in [-0.4, -0.2) is 27.8 Å². The third-order valence-corrected chi connectivity index (χ3v) is 2.27. The molecular weight excluding hydrogens is 150 g/mol. The largest absolute Gasteiger partial charge is 0.320 e. The average molecular weight is 165 g/mol. The predicted molar refractivity (Wildman–Crippen MR) is 42.9 cm³/mol. The van der Waals surface area contributed by atoms with Crippen molar-refractivity contribution in [3.05, 3.63) is 0 Å². The first-order chi connectivity index (χ1) is 4.66. The van der Waals surface area contributed by atoms with Gasteiger partial charge in [0.1, 0.15) is 10.7 Å². The molecule has 0 aliphatic heterocycles. The van der Waals surface area contributed by atoms with Crippen molar-refractivity contribution in [2.24, 2.45) is 5.92 Å². The van der Waals surface area contributed by atoms with E-state index in [9.17, 15) is 8.42 Å². The summed E-state index contributed by atoms with van der Waals surface area (Å²) in [6.45, 7) is 2.84. The molecule has 4 heteroatoms. The van der Waals surface area contributed by atoms with Gasteiger partial charge >= 0.3 is 0 Å². The molecule has 0 aromatic heterocycles. The summed E-state index contributed by atoms with van der Waals surface area (Å²) in [4.78, 5) is 0. The maximum Gasteiger partial charge on any atom is 0.140 e. The summed E-state index contributed by atoms with van der Waals surface area (Å²) in [5.41, 5.74) is 0. The lowest BCUT2D eigenvalue weighted by atomic mass is 10.1. The van der Waals surface area contributed by atoms with Crippen LogP contribution in [-0.2, 0) is 10.7 Å². The maximum atomic E-state index is 10.2. The molecule has 0 amide bonds. The molecular formula is C6H15NO2S. The standard InChI is InChI=1S/C6H15NO2S/c1-6(3-4-7-2)5-10(8)9/h6-7,10H,3-5H2,1-2H3. The maximum absolute atomic E-state index is 10.2. The van der Waals surface area contributed by atoms with Gasteiger partial charge in [-0.05, 0) is 25.9 Å². The van der Waals surface area contributed by atoms with Crippen molar-refractivity contribution in [3.8, 4) is 0 Å². The highest BCUT2D eigenvalue weighted by Crippen LogP contribution is 1.99. The summed E-state index contributed by atoms with van der Waals surface area (Å²) < 4.78 is 20.4. The van der Waals surface area contributed by atoms with Gasteiger partial charge in [0, 0.05) is 0 Å². The Labute approximate surface area is 63.8 Å². The number of rotatable bonds is 5. The Morgan fingerprint density at radius 1 is 1.50 bits per heavy atom. The van der Waals surface area contributed by atoms with Crippen LogP contribution in [0.1, 0.15) is 13.3 Å². The van der Waals surface area contributed by atoms with Gasteiger partial charge in [-0.3, -0.25) is 0 Å². The van der Waals surface area contributed by atoms with Crippen molar-refractivity contribution in [3.63, 3.8) is 0 Å². The zero-order chi connectivity index (χ0) is 7.98. The van der Waals surface area contributed by atoms with E-state index in [2.05, 4.69) is 5.32 Å². The quantitative estimate of drug-likeness (QED) is 0.557. The van der Waals surface area contributed by atoms with Crippen LogP contribution in [0.2, 0.25) is 0 Å². The Bertz CT molecular complexity index is 137. The molecule has 0 heterocycles. The van der Waals surface area contributed by atoms with Crippen LogP contribution in [0.5, 0.6) is 0 Å². The SMILES string of the molecule is CNCCC(C)C[SH](=O)=O. The van der Waals surface area contributed by atoms with Crippen molar-refractivity contribution < 1.29 is 8.42 Å². The molecule has 0 rings (SSSR count). The molecule has 10 heavy (non-hydrogen) atoms. The van der Waals surface area contributed by atoms with Gasteiger partial charge in [-0.2, -0.15) is 0 Å². The average Bonchev–Trinajstić information content (AvgIpc) is 1.82. The van der Waals surface area contributed by atoms with Gasteiger partial charge in [-0.15, -0.1) is 0 Å². The van der Waals surface area contributed by atoms with Gasteiger partial charge < -0.3 is 5.32 Å². The zero-order valence-corrected chi connectivity index (χ0v) is 7.36. The van der Waals surface area contributed by atoms with Crippen LogP contribution in [0, 0.1) is 5.92 Å². The highest BCUT2D eigenvalue weighted by atomic mass is 32.2. The molecule has 0 aliphatic carbocycles. The first-order valence-corrected chi connectivity index (χ1v) is 4.79. The minimum atomic E-state index is -2.18. The van der Waals surface area contributed by atoms with Gasteiger partial charge in [0.15, 0.2) is 0 Å². The van der Waals surface area contributed by atoms with E-state index in [0.29, 0.717) is 5.75 Å². The second kappa shape index (κ2) is 5.68. The van der Waals surface area contributed by atoms with E-state index in [4.69, 9.17) is 0 Å². The minimum Gasteiger partial charge on any atom is -0.320 e. The number of nitrogens with one attached hydrogen (secondary N) is 1. The molecule has 62 valence electrons. The van der Waals surface area contributed by atoms with Gasteiger partial charge in [0.2, 0.25) is 0 Å². The molecule has 0 saturated carbocycles. The second-order valence-corrected chi connectivity index (χ2v) is 3.54. The van der Waals surface area contributed by atoms with Crippen molar-refractivity contribution in [2.45, 2.75) is 13.3 Å². The van der Waals surface area contributed by atoms with E-state index < -0.39 is 10.7 Å². The molecule has 0 radical (unpaired) electrons. The van der Waals surface area contributed by atoms with Gasteiger partial charge in [0.25, 0.3) is 0 Å². The minimum absolute atomic E-state index is 0.286. The third kappa shape index (κ3) is 6.04. The molecule has 0 aliphatic rings. The molecule has 1 N–H and O–H groups in total. The Hall–Kier alpha value is -0.0900. The predicted octanol–water partition coefficient (Wildman–Crippen LogP) is -0.157. The molecule has 0 spiro atoms. The lowest BCUT2D eigenvalue weighted by molar-refractivity contribution is 0.548.